The van der Waals surface area contributed by atoms with Gasteiger partial charge in [-0.1, -0.05) is 139 Å². The summed E-state index contributed by atoms with van der Waals surface area (Å²) in [7, 11) is 0. The molecule has 2 unspecified atom stereocenters. The fraction of sp³-hybridized carbons (Fsp3) is 0.268. The Kier molecular flexibility index (Phi) is 11.6. The van der Waals surface area contributed by atoms with Crippen molar-refractivity contribution in [1.82, 2.24) is 9.97 Å². The van der Waals surface area contributed by atoms with Crippen LogP contribution >= 0.6 is 0 Å². The van der Waals surface area contributed by atoms with Crippen LogP contribution in [0.2, 0.25) is 0 Å². The summed E-state index contributed by atoms with van der Waals surface area (Å²) in [6, 6.07) is 30.2. The quantitative estimate of drug-likeness (QED) is 0.119. The van der Waals surface area contributed by atoms with E-state index in [4.69, 9.17) is 4.98 Å². The van der Waals surface area contributed by atoms with Crippen LogP contribution in [0.3, 0.4) is 0 Å². The van der Waals surface area contributed by atoms with E-state index in [2.05, 4.69) is 131 Å². The Morgan fingerprint density at radius 1 is 0.767 bits per heavy atom. The zero-order chi connectivity index (χ0) is 30.6. The molecule has 2 heteroatoms. The molecule has 4 rings (SSSR count). The number of hydrogen-bond donors (Lipinski definition) is 0. The summed E-state index contributed by atoms with van der Waals surface area (Å²) in [5.74, 6) is 1.01. The third-order valence-electron chi connectivity index (χ3n) is 8.16. The largest absolute Gasteiger partial charge is 0.255 e. The van der Waals surface area contributed by atoms with Crippen LogP contribution < -0.4 is 0 Å². The Morgan fingerprint density at radius 3 is 2.16 bits per heavy atom. The highest BCUT2D eigenvalue weighted by Crippen LogP contribution is 2.37. The molecule has 0 radical (unpaired) electrons. The van der Waals surface area contributed by atoms with Crippen molar-refractivity contribution in [1.29, 1.82) is 0 Å². The second kappa shape index (κ2) is 15.8. The number of nitrogens with zero attached hydrogens (tertiary/aromatic N) is 2. The average Bonchev–Trinajstić information content (AvgIpc) is 3.07. The van der Waals surface area contributed by atoms with Crippen LogP contribution in [0.25, 0.3) is 39.2 Å². The molecule has 0 saturated heterocycles. The summed E-state index contributed by atoms with van der Waals surface area (Å²) >= 11 is 0. The first kappa shape index (κ1) is 31.6. The van der Waals surface area contributed by atoms with Crippen LogP contribution in [0.5, 0.6) is 0 Å². The predicted octanol–water partition coefficient (Wildman–Crippen LogP) is 11.7. The van der Waals surface area contributed by atoms with Gasteiger partial charge in [0.25, 0.3) is 0 Å². The first-order valence-electron chi connectivity index (χ1n) is 15.8. The number of aromatic nitrogens is 2. The fourth-order valence-electron chi connectivity index (χ4n) is 5.28. The van der Waals surface area contributed by atoms with E-state index in [-0.39, 0.29) is 0 Å². The molecular weight excluding hydrogens is 520 g/mol. The van der Waals surface area contributed by atoms with Gasteiger partial charge in [0.05, 0.1) is 17.1 Å². The SMILES string of the molecule is C=C(/C=C\C=C/C(C)CC)c1cc(-c2ccc(/C(=C(/CCC)c3ccccc3)C(C)CC)cc2)cc(-c2ccccn2)n1. The molecule has 0 aliphatic carbocycles. The van der Waals surface area contributed by atoms with Gasteiger partial charge in [0, 0.05) is 6.20 Å². The minimum Gasteiger partial charge on any atom is -0.255 e. The molecule has 2 atom stereocenters. The molecule has 0 aliphatic rings. The number of allylic oxidation sites excluding steroid dienone is 7. The van der Waals surface area contributed by atoms with Gasteiger partial charge in [-0.15, -0.1) is 0 Å². The van der Waals surface area contributed by atoms with Crippen molar-refractivity contribution in [2.75, 3.05) is 0 Å². The van der Waals surface area contributed by atoms with Gasteiger partial charge < -0.3 is 0 Å². The van der Waals surface area contributed by atoms with Crippen molar-refractivity contribution in [3.05, 3.63) is 139 Å². The summed E-state index contributed by atoms with van der Waals surface area (Å²) < 4.78 is 0. The Bertz CT molecular complexity index is 1560. The van der Waals surface area contributed by atoms with Gasteiger partial charge in [-0.2, -0.15) is 0 Å². The third kappa shape index (κ3) is 8.38. The zero-order valence-electron chi connectivity index (χ0n) is 26.6. The summed E-state index contributed by atoms with van der Waals surface area (Å²) in [5.41, 5.74) is 11.2. The van der Waals surface area contributed by atoms with E-state index in [1.54, 1.807) is 0 Å². The first-order chi connectivity index (χ1) is 20.9. The maximum atomic E-state index is 4.97. The molecule has 2 aromatic carbocycles. The molecule has 2 heterocycles. The highest BCUT2D eigenvalue weighted by atomic mass is 14.8. The molecule has 0 bridgehead atoms. The van der Waals surface area contributed by atoms with Crippen LogP contribution in [-0.2, 0) is 0 Å². The molecule has 2 nitrogen and oxygen atoms in total. The minimum absolute atomic E-state index is 0.459. The second-order valence-electron chi connectivity index (χ2n) is 11.4. The van der Waals surface area contributed by atoms with Crippen molar-refractivity contribution in [3.8, 4) is 22.5 Å². The summed E-state index contributed by atoms with van der Waals surface area (Å²) in [5, 5.41) is 0. The van der Waals surface area contributed by atoms with Gasteiger partial charge in [0.15, 0.2) is 0 Å². The molecule has 220 valence electrons. The number of rotatable bonds is 13. The van der Waals surface area contributed by atoms with Gasteiger partial charge in [0.1, 0.15) is 0 Å². The number of benzene rings is 2. The summed E-state index contributed by atoms with van der Waals surface area (Å²) in [4.78, 5) is 9.56. The molecule has 0 fully saturated rings. The average molecular weight is 567 g/mol. The Hall–Kier alpha value is -4.30. The number of hydrogen-bond acceptors (Lipinski definition) is 2. The molecular formula is C41H46N2. The molecule has 43 heavy (non-hydrogen) atoms. The molecule has 0 saturated carbocycles. The van der Waals surface area contributed by atoms with E-state index in [0.29, 0.717) is 11.8 Å². The molecule has 0 aliphatic heterocycles. The summed E-state index contributed by atoms with van der Waals surface area (Å²) in [6.07, 6.45) is 14.6. The monoisotopic (exact) mass is 566 g/mol. The van der Waals surface area contributed by atoms with E-state index in [0.717, 1.165) is 59.5 Å². The lowest BCUT2D eigenvalue weighted by Crippen LogP contribution is -2.02. The highest BCUT2D eigenvalue weighted by Gasteiger charge is 2.17. The maximum absolute atomic E-state index is 4.97. The van der Waals surface area contributed by atoms with Gasteiger partial charge >= 0.3 is 0 Å². The van der Waals surface area contributed by atoms with E-state index in [9.17, 15) is 0 Å². The van der Waals surface area contributed by atoms with Crippen molar-refractivity contribution < 1.29 is 0 Å². The fourth-order valence-corrected chi connectivity index (χ4v) is 5.28. The molecule has 0 N–H and O–H groups in total. The van der Waals surface area contributed by atoms with E-state index >= 15 is 0 Å². The lowest BCUT2D eigenvalue weighted by Gasteiger charge is -2.22. The van der Waals surface area contributed by atoms with Gasteiger partial charge in [-0.25, -0.2) is 4.98 Å². The van der Waals surface area contributed by atoms with Crippen molar-refractivity contribution >= 4 is 16.7 Å². The van der Waals surface area contributed by atoms with Crippen LogP contribution in [0.15, 0.2) is 122 Å². The van der Waals surface area contributed by atoms with Crippen molar-refractivity contribution in [2.45, 2.75) is 60.3 Å². The Labute approximate surface area is 259 Å². The molecule has 2 aromatic heterocycles. The second-order valence-corrected chi connectivity index (χ2v) is 11.4. The standard InChI is InChI=1S/C41H46N2/c1-7-17-37(34-20-11-10-12-21-34)41(31(5)9-3)35-25-23-33(24-26-35)36-28-39(32(6)19-14-13-18-30(4)8-2)43-40(29-36)38-22-15-16-27-42-38/h10-16,18-31H,6-9,17H2,1-5H3/b18-13-,19-14-,41-37-. The van der Waals surface area contributed by atoms with Gasteiger partial charge in [-0.3, -0.25) is 4.98 Å². The van der Waals surface area contributed by atoms with E-state index in [1.165, 1.54) is 22.3 Å². The van der Waals surface area contributed by atoms with Crippen LogP contribution in [0.1, 0.15) is 77.1 Å². The minimum atomic E-state index is 0.459. The predicted molar refractivity (Wildman–Crippen MR) is 187 cm³/mol. The smallest absolute Gasteiger partial charge is 0.0899 e. The summed E-state index contributed by atoms with van der Waals surface area (Å²) in [6.45, 7) is 15.7. The molecule has 4 aromatic rings. The number of pyridine rings is 2. The Balaban J connectivity index is 1.76. The molecule has 0 spiro atoms. The third-order valence-corrected chi connectivity index (χ3v) is 8.16. The normalized spacial score (nSPS) is 13.7. The van der Waals surface area contributed by atoms with Crippen LogP contribution in [0.4, 0.5) is 0 Å². The maximum Gasteiger partial charge on any atom is 0.0899 e. The molecule has 0 amide bonds. The van der Waals surface area contributed by atoms with Gasteiger partial charge in [0.2, 0.25) is 0 Å². The zero-order valence-corrected chi connectivity index (χ0v) is 26.6. The lowest BCUT2D eigenvalue weighted by molar-refractivity contribution is 0.698. The van der Waals surface area contributed by atoms with Crippen molar-refractivity contribution in [2.24, 2.45) is 11.8 Å². The topological polar surface area (TPSA) is 25.8 Å². The lowest BCUT2D eigenvalue weighted by atomic mass is 9.83. The van der Waals surface area contributed by atoms with Gasteiger partial charge in [-0.05, 0) is 87.9 Å². The van der Waals surface area contributed by atoms with E-state index in [1.807, 2.05) is 30.5 Å². The first-order valence-corrected chi connectivity index (χ1v) is 15.8. The Morgan fingerprint density at radius 2 is 1.51 bits per heavy atom. The van der Waals surface area contributed by atoms with E-state index < -0.39 is 0 Å². The highest BCUT2D eigenvalue weighted by molar-refractivity contribution is 5.92. The van der Waals surface area contributed by atoms with Crippen molar-refractivity contribution in [3.63, 3.8) is 0 Å². The van der Waals surface area contributed by atoms with Crippen LogP contribution in [0, 0.1) is 11.8 Å². The van der Waals surface area contributed by atoms with Crippen LogP contribution in [-0.4, -0.2) is 9.97 Å².